The molecule has 0 aliphatic heterocycles. The third kappa shape index (κ3) is 3.11. The fraction of sp³-hybridized carbons (Fsp3) is 0.538. The number of rotatable bonds is 7. The van der Waals surface area contributed by atoms with Gasteiger partial charge in [0.05, 0.1) is 24.9 Å². The van der Waals surface area contributed by atoms with Gasteiger partial charge in [0.25, 0.3) is 0 Å². The molecule has 0 radical (unpaired) electrons. The molecule has 0 atom stereocenters. The second-order valence-corrected chi connectivity index (χ2v) is 4.55. The van der Waals surface area contributed by atoms with Crippen LogP contribution in [0.5, 0.6) is 0 Å². The average Bonchev–Trinajstić information content (AvgIpc) is 3.05. The van der Waals surface area contributed by atoms with E-state index in [-0.39, 0.29) is 5.78 Å². The zero-order chi connectivity index (χ0) is 14.5. The Morgan fingerprint density at radius 1 is 1.40 bits per heavy atom. The monoisotopic (exact) mass is 276 g/mol. The van der Waals surface area contributed by atoms with Gasteiger partial charge in [-0.3, -0.25) is 14.2 Å². The van der Waals surface area contributed by atoms with Crippen molar-refractivity contribution in [2.75, 3.05) is 6.54 Å². The van der Waals surface area contributed by atoms with Gasteiger partial charge in [0.15, 0.2) is 5.78 Å². The van der Waals surface area contributed by atoms with E-state index in [1.54, 1.807) is 10.9 Å². The van der Waals surface area contributed by atoms with Crippen LogP contribution in [-0.2, 0) is 25.9 Å². The first-order valence-corrected chi connectivity index (χ1v) is 6.86. The first kappa shape index (κ1) is 14.4. The Morgan fingerprint density at radius 3 is 2.85 bits per heavy atom. The fourth-order valence-corrected chi connectivity index (χ4v) is 2.03. The largest absolute Gasteiger partial charge is 0.329 e. The molecule has 0 bridgehead atoms. The average molecular weight is 276 g/mol. The van der Waals surface area contributed by atoms with Gasteiger partial charge in [0.1, 0.15) is 5.69 Å². The molecule has 7 nitrogen and oxygen atoms in total. The van der Waals surface area contributed by atoms with Crippen LogP contribution in [0.15, 0.2) is 12.3 Å². The van der Waals surface area contributed by atoms with Crippen molar-refractivity contribution in [2.24, 2.45) is 5.73 Å². The lowest BCUT2D eigenvalue weighted by atomic mass is 10.1. The van der Waals surface area contributed by atoms with Crippen LogP contribution in [0, 0.1) is 0 Å². The normalized spacial score (nSPS) is 10.9. The molecular formula is C13H20N6O. The zero-order valence-corrected chi connectivity index (χ0v) is 11.9. The molecule has 0 unspecified atom stereocenters. The number of hydrogen-bond acceptors (Lipinski definition) is 5. The highest BCUT2D eigenvalue weighted by atomic mass is 16.1. The Balaban J connectivity index is 2.12. The smallest absolute Gasteiger partial charge is 0.190 e. The van der Waals surface area contributed by atoms with Crippen LogP contribution >= 0.6 is 0 Å². The third-order valence-electron chi connectivity index (χ3n) is 3.10. The van der Waals surface area contributed by atoms with Crippen LogP contribution in [0.3, 0.4) is 0 Å². The summed E-state index contributed by atoms with van der Waals surface area (Å²) in [5.41, 5.74) is 7.74. The lowest BCUT2D eigenvalue weighted by Crippen LogP contribution is -2.11. The van der Waals surface area contributed by atoms with E-state index >= 15 is 0 Å². The van der Waals surface area contributed by atoms with Crippen LogP contribution in [0.1, 0.15) is 35.7 Å². The van der Waals surface area contributed by atoms with Gasteiger partial charge in [-0.2, -0.15) is 5.10 Å². The molecular weight excluding hydrogens is 256 g/mol. The number of nitrogens with zero attached hydrogens (tertiary/aromatic N) is 5. The summed E-state index contributed by atoms with van der Waals surface area (Å²) in [5.74, 6) is -0.0504. The van der Waals surface area contributed by atoms with Crippen molar-refractivity contribution in [2.45, 2.75) is 39.8 Å². The summed E-state index contributed by atoms with van der Waals surface area (Å²) in [5, 5.41) is 12.2. The maximum Gasteiger partial charge on any atom is 0.190 e. The van der Waals surface area contributed by atoms with Crippen molar-refractivity contribution >= 4 is 5.78 Å². The molecule has 2 heterocycles. The quantitative estimate of drug-likeness (QED) is 0.741. The fourth-order valence-electron chi connectivity index (χ4n) is 2.03. The Kier molecular flexibility index (Phi) is 4.62. The van der Waals surface area contributed by atoms with Crippen molar-refractivity contribution in [3.8, 4) is 0 Å². The summed E-state index contributed by atoms with van der Waals surface area (Å²) in [4.78, 5) is 12.2. The number of aromatic nitrogens is 5. The molecule has 0 aromatic carbocycles. The first-order chi connectivity index (χ1) is 9.67. The third-order valence-corrected chi connectivity index (χ3v) is 3.10. The van der Waals surface area contributed by atoms with E-state index in [1.165, 1.54) is 0 Å². The number of ketones is 1. The van der Waals surface area contributed by atoms with E-state index in [2.05, 4.69) is 15.4 Å². The molecule has 20 heavy (non-hydrogen) atoms. The molecule has 0 fully saturated rings. The highest BCUT2D eigenvalue weighted by Gasteiger charge is 2.15. The highest BCUT2D eigenvalue weighted by Crippen LogP contribution is 2.09. The van der Waals surface area contributed by atoms with E-state index in [0.29, 0.717) is 25.2 Å². The van der Waals surface area contributed by atoms with Gasteiger partial charge >= 0.3 is 0 Å². The van der Waals surface area contributed by atoms with Crippen molar-refractivity contribution in [1.29, 1.82) is 0 Å². The van der Waals surface area contributed by atoms with E-state index in [9.17, 15) is 4.79 Å². The van der Waals surface area contributed by atoms with Crippen molar-refractivity contribution < 1.29 is 4.79 Å². The number of Topliss-reactive ketones (excluding diaryl/α,β-unsaturated/α-hetero) is 1. The Bertz CT molecular complexity index is 585. The Labute approximate surface area is 117 Å². The van der Waals surface area contributed by atoms with Gasteiger partial charge in [-0.25, -0.2) is 0 Å². The lowest BCUT2D eigenvalue weighted by molar-refractivity contribution is 0.0985. The molecule has 0 spiro atoms. The Morgan fingerprint density at radius 2 is 2.20 bits per heavy atom. The van der Waals surface area contributed by atoms with Crippen LogP contribution in [0.2, 0.25) is 0 Å². The minimum Gasteiger partial charge on any atom is -0.329 e. The van der Waals surface area contributed by atoms with Crippen molar-refractivity contribution in [3.63, 3.8) is 0 Å². The molecule has 0 saturated carbocycles. The second-order valence-electron chi connectivity index (χ2n) is 4.55. The van der Waals surface area contributed by atoms with Gasteiger partial charge in [0.2, 0.25) is 0 Å². The predicted octanol–water partition coefficient (Wildman–Crippen LogP) is 0.441. The second kappa shape index (κ2) is 6.42. The highest BCUT2D eigenvalue weighted by molar-refractivity contribution is 5.95. The molecule has 0 amide bonds. The SMILES string of the molecule is CCc1cc(CC(=O)c2cn(CCN)nn2)n(CC)n1. The Hall–Kier alpha value is -2.02. The minimum absolute atomic E-state index is 0.0504. The van der Waals surface area contributed by atoms with Gasteiger partial charge in [0, 0.05) is 18.8 Å². The van der Waals surface area contributed by atoms with Crippen molar-refractivity contribution in [3.05, 3.63) is 29.3 Å². The maximum atomic E-state index is 12.2. The summed E-state index contributed by atoms with van der Waals surface area (Å²) >= 11 is 0. The van der Waals surface area contributed by atoms with Gasteiger partial charge in [-0.05, 0) is 19.4 Å². The van der Waals surface area contributed by atoms with Crippen LogP contribution in [-0.4, -0.2) is 37.1 Å². The molecule has 0 aliphatic carbocycles. The molecule has 2 rings (SSSR count). The molecule has 7 heteroatoms. The molecule has 108 valence electrons. The number of aryl methyl sites for hydroxylation is 2. The summed E-state index contributed by atoms with van der Waals surface area (Å²) in [6.45, 7) is 5.85. The van der Waals surface area contributed by atoms with E-state index in [4.69, 9.17) is 5.73 Å². The van der Waals surface area contributed by atoms with E-state index in [0.717, 1.165) is 24.4 Å². The minimum atomic E-state index is -0.0504. The summed E-state index contributed by atoms with van der Waals surface area (Å²) in [6.07, 6.45) is 2.80. The van der Waals surface area contributed by atoms with E-state index < -0.39 is 0 Å². The van der Waals surface area contributed by atoms with Crippen molar-refractivity contribution in [1.82, 2.24) is 24.8 Å². The first-order valence-electron chi connectivity index (χ1n) is 6.86. The molecule has 0 aliphatic rings. The summed E-state index contributed by atoms with van der Waals surface area (Å²) < 4.78 is 3.45. The number of hydrogen-bond donors (Lipinski definition) is 1. The summed E-state index contributed by atoms with van der Waals surface area (Å²) in [7, 11) is 0. The topological polar surface area (TPSA) is 91.6 Å². The zero-order valence-electron chi connectivity index (χ0n) is 11.9. The van der Waals surface area contributed by atoms with Gasteiger partial charge in [-0.15, -0.1) is 5.10 Å². The predicted molar refractivity (Wildman–Crippen MR) is 74.4 cm³/mol. The van der Waals surface area contributed by atoms with Crippen LogP contribution in [0.4, 0.5) is 0 Å². The van der Waals surface area contributed by atoms with Gasteiger partial charge in [-0.1, -0.05) is 12.1 Å². The van der Waals surface area contributed by atoms with E-state index in [1.807, 2.05) is 24.6 Å². The molecule has 2 aromatic rings. The van der Waals surface area contributed by atoms with Gasteiger partial charge < -0.3 is 5.73 Å². The lowest BCUT2D eigenvalue weighted by Gasteiger charge is -2.02. The standard InChI is InChI=1S/C13H20N6O/c1-3-10-7-11(19(4-2)16-10)8-13(20)12-9-18(6-5-14)17-15-12/h7,9H,3-6,8,14H2,1-2H3. The molecule has 2 aromatic heterocycles. The molecule has 0 saturated heterocycles. The molecule has 2 N–H and O–H groups in total. The maximum absolute atomic E-state index is 12.2. The number of carbonyl (C=O) groups is 1. The van der Waals surface area contributed by atoms with Crippen LogP contribution in [0.25, 0.3) is 0 Å². The summed E-state index contributed by atoms with van der Waals surface area (Å²) in [6, 6.07) is 1.98. The number of nitrogens with two attached hydrogens (primary N) is 1. The number of carbonyl (C=O) groups excluding carboxylic acids is 1. The van der Waals surface area contributed by atoms with Crippen LogP contribution < -0.4 is 5.73 Å².